The first-order valence-corrected chi connectivity index (χ1v) is 6.85. The van der Waals surface area contributed by atoms with Crippen LogP contribution in [0.15, 0.2) is 6.07 Å². The zero-order chi connectivity index (χ0) is 12.7. The maximum absolute atomic E-state index is 5.10. The molecule has 0 spiro atoms. The molecule has 1 rings (SSSR count). The van der Waals surface area contributed by atoms with Gasteiger partial charge in [0.1, 0.15) is 0 Å². The van der Waals surface area contributed by atoms with Crippen molar-refractivity contribution in [2.24, 2.45) is 0 Å². The number of thioether (sulfide) groups is 1. The van der Waals surface area contributed by atoms with E-state index in [0.717, 1.165) is 12.2 Å². The van der Waals surface area contributed by atoms with Crippen LogP contribution in [0.4, 0.5) is 5.95 Å². The molecule has 17 heavy (non-hydrogen) atoms. The molecule has 1 heterocycles. The molecule has 0 radical (unpaired) electrons. The molecule has 0 saturated carbocycles. The van der Waals surface area contributed by atoms with Gasteiger partial charge in [-0.3, -0.25) is 0 Å². The van der Waals surface area contributed by atoms with Gasteiger partial charge < -0.3 is 14.8 Å². The van der Waals surface area contributed by atoms with Crippen molar-refractivity contribution in [3.63, 3.8) is 0 Å². The predicted molar refractivity (Wildman–Crippen MR) is 71.2 cm³/mol. The normalized spacial score (nSPS) is 12.0. The Labute approximate surface area is 106 Å². The van der Waals surface area contributed by atoms with Crippen LogP contribution in [0.5, 0.6) is 11.8 Å². The molecule has 6 heteroatoms. The number of anilines is 1. The summed E-state index contributed by atoms with van der Waals surface area (Å²) in [5.41, 5.74) is 0. The van der Waals surface area contributed by atoms with Crippen molar-refractivity contribution < 1.29 is 9.47 Å². The second kappa shape index (κ2) is 7.21. The lowest BCUT2D eigenvalue weighted by Gasteiger charge is -2.16. The number of nitrogens with one attached hydrogen (secondary N) is 1. The second-order valence-corrected chi connectivity index (χ2v) is 4.39. The molecule has 0 aromatic carbocycles. The van der Waals surface area contributed by atoms with Crippen LogP contribution in [0.2, 0.25) is 0 Å². The summed E-state index contributed by atoms with van der Waals surface area (Å²) < 4.78 is 10.2. The van der Waals surface area contributed by atoms with Gasteiger partial charge in [-0.15, -0.1) is 0 Å². The number of hydrogen-bond donors (Lipinski definition) is 1. The van der Waals surface area contributed by atoms with Crippen LogP contribution in [0.3, 0.4) is 0 Å². The molecular formula is C11H19N3O2S. The quantitative estimate of drug-likeness (QED) is 0.807. The zero-order valence-electron chi connectivity index (χ0n) is 10.7. The molecule has 0 aliphatic carbocycles. The van der Waals surface area contributed by atoms with Crippen molar-refractivity contribution in [2.75, 3.05) is 31.5 Å². The minimum Gasteiger partial charge on any atom is -0.481 e. The molecule has 0 fully saturated rings. The first-order valence-electron chi connectivity index (χ1n) is 5.46. The minimum absolute atomic E-state index is 0.349. The van der Waals surface area contributed by atoms with E-state index in [2.05, 4.69) is 28.5 Å². The van der Waals surface area contributed by atoms with E-state index in [0.29, 0.717) is 23.8 Å². The van der Waals surface area contributed by atoms with E-state index in [-0.39, 0.29) is 0 Å². The highest BCUT2D eigenvalue weighted by atomic mass is 32.2. The Balaban J connectivity index is 2.81. The number of ether oxygens (including phenoxy) is 2. The van der Waals surface area contributed by atoms with Gasteiger partial charge in [0.2, 0.25) is 17.7 Å². The summed E-state index contributed by atoms with van der Waals surface area (Å²) in [5, 5.41) is 3.28. The highest BCUT2D eigenvalue weighted by molar-refractivity contribution is 7.98. The molecule has 1 atom stereocenters. The minimum atomic E-state index is 0.349. The number of nitrogens with zero attached hydrogens (tertiary/aromatic N) is 2. The molecule has 0 saturated heterocycles. The van der Waals surface area contributed by atoms with Crippen molar-refractivity contribution in [2.45, 2.75) is 19.4 Å². The van der Waals surface area contributed by atoms with Gasteiger partial charge in [-0.2, -0.15) is 21.7 Å². The van der Waals surface area contributed by atoms with Crippen LogP contribution >= 0.6 is 11.8 Å². The van der Waals surface area contributed by atoms with Crippen LogP contribution < -0.4 is 14.8 Å². The molecular weight excluding hydrogens is 238 g/mol. The third-order valence-electron chi connectivity index (χ3n) is 2.29. The Morgan fingerprint density at radius 2 is 1.88 bits per heavy atom. The second-order valence-electron chi connectivity index (χ2n) is 3.48. The van der Waals surface area contributed by atoms with Gasteiger partial charge in [0, 0.05) is 11.8 Å². The topological polar surface area (TPSA) is 56.3 Å². The average molecular weight is 257 g/mol. The standard InChI is InChI=1S/C11H19N3O2S/c1-5-8(7-17-4)12-11-13-9(15-2)6-10(14-11)16-3/h6,8H,5,7H2,1-4H3,(H,12,13,14). The van der Waals surface area contributed by atoms with Gasteiger partial charge in [0.05, 0.1) is 20.3 Å². The third kappa shape index (κ3) is 4.30. The van der Waals surface area contributed by atoms with Crippen molar-refractivity contribution in [3.8, 4) is 11.8 Å². The van der Waals surface area contributed by atoms with Gasteiger partial charge in [-0.25, -0.2) is 0 Å². The lowest BCUT2D eigenvalue weighted by molar-refractivity contribution is 0.372. The molecule has 0 aliphatic rings. The first kappa shape index (κ1) is 13.9. The van der Waals surface area contributed by atoms with E-state index in [1.807, 2.05) is 0 Å². The summed E-state index contributed by atoms with van der Waals surface area (Å²) in [6, 6.07) is 2.00. The lowest BCUT2D eigenvalue weighted by atomic mass is 10.3. The molecule has 1 aromatic heterocycles. The maximum Gasteiger partial charge on any atom is 0.229 e. The van der Waals surface area contributed by atoms with Gasteiger partial charge in [-0.05, 0) is 12.7 Å². The fourth-order valence-electron chi connectivity index (χ4n) is 1.32. The Bertz CT molecular complexity index is 327. The number of aromatic nitrogens is 2. The van der Waals surface area contributed by atoms with Crippen molar-refractivity contribution in [1.29, 1.82) is 0 Å². The predicted octanol–water partition coefficient (Wildman–Crippen LogP) is 2.05. The summed E-state index contributed by atoms with van der Waals surface area (Å²) in [6.07, 6.45) is 3.10. The van der Waals surface area contributed by atoms with Crippen molar-refractivity contribution >= 4 is 17.7 Å². The summed E-state index contributed by atoms with van der Waals surface area (Å²) in [7, 11) is 3.15. The molecule has 1 unspecified atom stereocenters. The molecule has 1 N–H and O–H groups in total. The third-order valence-corrected chi connectivity index (χ3v) is 3.03. The van der Waals surface area contributed by atoms with Crippen LogP contribution in [-0.2, 0) is 0 Å². The maximum atomic E-state index is 5.10. The monoisotopic (exact) mass is 257 g/mol. The largest absolute Gasteiger partial charge is 0.481 e. The van der Waals surface area contributed by atoms with Crippen LogP contribution in [0.25, 0.3) is 0 Å². The molecule has 0 bridgehead atoms. The highest BCUT2D eigenvalue weighted by Gasteiger charge is 2.10. The smallest absolute Gasteiger partial charge is 0.229 e. The van der Waals surface area contributed by atoms with Gasteiger partial charge in [-0.1, -0.05) is 6.92 Å². The molecule has 0 amide bonds. The zero-order valence-corrected chi connectivity index (χ0v) is 11.5. The molecule has 0 aliphatic heterocycles. The van der Waals surface area contributed by atoms with E-state index in [1.54, 1.807) is 32.0 Å². The summed E-state index contributed by atoms with van der Waals surface area (Å²) >= 11 is 1.79. The lowest BCUT2D eigenvalue weighted by Crippen LogP contribution is -2.22. The molecule has 96 valence electrons. The summed E-state index contributed by atoms with van der Waals surface area (Å²) in [6.45, 7) is 2.13. The fourth-order valence-corrected chi connectivity index (χ4v) is 2.04. The molecule has 5 nitrogen and oxygen atoms in total. The number of methoxy groups -OCH3 is 2. The van der Waals surface area contributed by atoms with Crippen molar-refractivity contribution in [3.05, 3.63) is 6.07 Å². The van der Waals surface area contributed by atoms with Gasteiger partial charge >= 0.3 is 0 Å². The number of hydrogen-bond acceptors (Lipinski definition) is 6. The Kier molecular flexibility index (Phi) is 5.90. The van der Waals surface area contributed by atoms with Crippen LogP contribution in [0.1, 0.15) is 13.3 Å². The average Bonchev–Trinajstić information content (AvgIpc) is 2.37. The van der Waals surface area contributed by atoms with Crippen LogP contribution in [-0.4, -0.2) is 42.2 Å². The molecule has 1 aromatic rings. The first-order chi connectivity index (χ1) is 8.23. The SMILES string of the molecule is CCC(CSC)Nc1nc(OC)cc(OC)n1. The Morgan fingerprint density at radius 3 is 2.29 bits per heavy atom. The van der Waals surface area contributed by atoms with E-state index in [9.17, 15) is 0 Å². The fraction of sp³-hybridized carbons (Fsp3) is 0.636. The van der Waals surface area contributed by atoms with Gasteiger partial charge in [0.25, 0.3) is 0 Å². The van der Waals surface area contributed by atoms with Crippen molar-refractivity contribution in [1.82, 2.24) is 9.97 Å². The summed E-state index contributed by atoms with van der Waals surface area (Å²) in [5.74, 6) is 2.55. The Morgan fingerprint density at radius 1 is 1.29 bits per heavy atom. The summed E-state index contributed by atoms with van der Waals surface area (Å²) in [4.78, 5) is 8.47. The van der Waals surface area contributed by atoms with Gasteiger partial charge in [0.15, 0.2) is 0 Å². The van der Waals surface area contributed by atoms with Crippen LogP contribution in [0, 0.1) is 0 Å². The highest BCUT2D eigenvalue weighted by Crippen LogP contribution is 2.18. The van der Waals surface area contributed by atoms with E-state index in [1.165, 1.54) is 0 Å². The Hall–Kier alpha value is -1.17. The van der Waals surface area contributed by atoms with E-state index in [4.69, 9.17) is 9.47 Å². The number of rotatable bonds is 7. The van der Waals surface area contributed by atoms with E-state index >= 15 is 0 Å². The van der Waals surface area contributed by atoms with E-state index < -0.39 is 0 Å².